The fourth-order valence-corrected chi connectivity index (χ4v) is 3.27. The molecule has 1 heterocycles. The van der Waals surface area contributed by atoms with E-state index in [1.807, 2.05) is 6.92 Å². The minimum atomic E-state index is 0.587. The van der Waals surface area contributed by atoms with Gasteiger partial charge in [0, 0.05) is 0 Å². The van der Waals surface area contributed by atoms with Gasteiger partial charge >= 0.3 is 0 Å². The molecule has 0 bridgehead atoms. The SMILES string of the molecule is COc1c(C)cc(CC2CCCNC2)c(OC)c1Cl. The molecule has 1 atom stereocenters. The van der Waals surface area contributed by atoms with E-state index in [0.717, 1.165) is 30.8 Å². The van der Waals surface area contributed by atoms with E-state index in [4.69, 9.17) is 21.1 Å². The molecule has 3 nitrogen and oxygen atoms in total. The standard InChI is InChI=1S/C15H22ClNO2/c1-10-7-12(8-11-5-4-6-17-9-11)15(19-3)13(16)14(10)18-2/h7,11,17H,4-6,8-9H2,1-3H3. The first-order valence-corrected chi connectivity index (χ1v) is 7.15. The third kappa shape index (κ3) is 3.15. The van der Waals surface area contributed by atoms with Gasteiger partial charge in [0.05, 0.1) is 14.2 Å². The van der Waals surface area contributed by atoms with E-state index in [1.54, 1.807) is 14.2 Å². The van der Waals surface area contributed by atoms with Gasteiger partial charge in [-0.05, 0) is 62.4 Å². The van der Waals surface area contributed by atoms with Gasteiger partial charge in [-0.15, -0.1) is 0 Å². The summed E-state index contributed by atoms with van der Waals surface area (Å²) >= 11 is 6.37. The van der Waals surface area contributed by atoms with Crippen LogP contribution in [-0.4, -0.2) is 27.3 Å². The maximum absolute atomic E-state index is 6.37. The molecule has 0 radical (unpaired) electrons. The second kappa shape index (κ2) is 6.49. The van der Waals surface area contributed by atoms with Crippen molar-refractivity contribution >= 4 is 11.6 Å². The van der Waals surface area contributed by atoms with Crippen LogP contribution in [0, 0.1) is 12.8 Å². The Morgan fingerprint density at radius 1 is 1.32 bits per heavy atom. The molecule has 1 N–H and O–H groups in total. The van der Waals surface area contributed by atoms with Crippen LogP contribution in [0.25, 0.3) is 0 Å². The Morgan fingerprint density at radius 3 is 2.63 bits per heavy atom. The number of methoxy groups -OCH3 is 2. The number of piperidine rings is 1. The summed E-state index contributed by atoms with van der Waals surface area (Å²) in [6.07, 6.45) is 3.51. The maximum atomic E-state index is 6.37. The Labute approximate surface area is 120 Å². The first-order valence-electron chi connectivity index (χ1n) is 6.78. The maximum Gasteiger partial charge on any atom is 0.144 e. The van der Waals surface area contributed by atoms with Crippen LogP contribution in [0.15, 0.2) is 6.07 Å². The number of halogens is 1. The van der Waals surface area contributed by atoms with Gasteiger partial charge < -0.3 is 14.8 Å². The average Bonchev–Trinajstić information content (AvgIpc) is 2.40. The molecule has 1 saturated heterocycles. The van der Waals surface area contributed by atoms with E-state index in [1.165, 1.54) is 18.4 Å². The van der Waals surface area contributed by atoms with Gasteiger partial charge in [0.2, 0.25) is 0 Å². The molecule has 2 rings (SSSR count). The van der Waals surface area contributed by atoms with E-state index >= 15 is 0 Å². The summed E-state index contributed by atoms with van der Waals surface area (Å²) in [6, 6.07) is 2.14. The van der Waals surface area contributed by atoms with Crippen molar-refractivity contribution in [2.24, 2.45) is 5.92 Å². The van der Waals surface area contributed by atoms with Crippen molar-refractivity contribution in [2.75, 3.05) is 27.3 Å². The Balaban J connectivity index is 2.28. The molecule has 0 aliphatic carbocycles. The predicted octanol–water partition coefficient (Wildman–Crippen LogP) is 3.21. The number of rotatable bonds is 4. The number of nitrogens with one attached hydrogen (secondary N) is 1. The van der Waals surface area contributed by atoms with Crippen molar-refractivity contribution < 1.29 is 9.47 Å². The summed E-state index contributed by atoms with van der Waals surface area (Å²) in [5.74, 6) is 2.13. The summed E-state index contributed by atoms with van der Waals surface area (Å²) in [5.41, 5.74) is 2.24. The molecule has 1 fully saturated rings. The largest absolute Gasteiger partial charge is 0.495 e. The summed E-state index contributed by atoms with van der Waals surface area (Å²) in [5, 5.41) is 4.03. The predicted molar refractivity (Wildman–Crippen MR) is 78.6 cm³/mol. The molecule has 1 aromatic rings. The van der Waals surface area contributed by atoms with Crippen molar-refractivity contribution in [3.63, 3.8) is 0 Å². The van der Waals surface area contributed by atoms with Crippen LogP contribution in [0.1, 0.15) is 24.0 Å². The topological polar surface area (TPSA) is 30.5 Å². The van der Waals surface area contributed by atoms with Crippen molar-refractivity contribution in [2.45, 2.75) is 26.2 Å². The van der Waals surface area contributed by atoms with Crippen LogP contribution in [-0.2, 0) is 6.42 Å². The molecular weight excluding hydrogens is 262 g/mol. The van der Waals surface area contributed by atoms with Gasteiger partial charge in [0.1, 0.15) is 16.5 Å². The second-order valence-electron chi connectivity index (χ2n) is 5.15. The van der Waals surface area contributed by atoms with Crippen molar-refractivity contribution in [3.05, 3.63) is 22.2 Å². The highest BCUT2D eigenvalue weighted by molar-refractivity contribution is 6.33. The van der Waals surface area contributed by atoms with Gasteiger partial charge in [-0.3, -0.25) is 0 Å². The van der Waals surface area contributed by atoms with E-state index in [9.17, 15) is 0 Å². The first kappa shape index (κ1) is 14.5. The zero-order valence-corrected chi connectivity index (χ0v) is 12.6. The number of hydrogen-bond acceptors (Lipinski definition) is 3. The van der Waals surface area contributed by atoms with E-state index in [-0.39, 0.29) is 0 Å². The molecule has 0 amide bonds. The third-order valence-electron chi connectivity index (χ3n) is 3.76. The molecular formula is C15H22ClNO2. The monoisotopic (exact) mass is 283 g/mol. The molecule has 1 aromatic carbocycles. The van der Waals surface area contributed by atoms with Crippen LogP contribution in [0.5, 0.6) is 11.5 Å². The fourth-order valence-electron chi connectivity index (χ4n) is 2.84. The van der Waals surface area contributed by atoms with Gasteiger partial charge in [-0.2, -0.15) is 0 Å². The minimum Gasteiger partial charge on any atom is -0.495 e. The van der Waals surface area contributed by atoms with Gasteiger partial charge in [0.25, 0.3) is 0 Å². The van der Waals surface area contributed by atoms with Gasteiger partial charge in [-0.1, -0.05) is 11.6 Å². The van der Waals surface area contributed by atoms with Gasteiger partial charge in [-0.25, -0.2) is 0 Å². The normalized spacial score (nSPS) is 19.3. The Morgan fingerprint density at radius 2 is 2.05 bits per heavy atom. The lowest BCUT2D eigenvalue weighted by Crippen LogP contribution is -2.30. The quantitative estimate of drug-likeness (QED) is 0.920. The number of hydrogen-bond donors (Lipinski definition) is 1. The Bertz CT molecular complexity index is 442. The molecule has 19 heavy (non-hydrogen) atoms. The van der Waals surface area contributed by atoms with Crippen LogP contribution in [0.4, 0.5) is 0 Å². The third-order valence-corrected chi connectivity index (χ3v) is 4.10. The zero-order chi connectivity index (χ0) is 13.8. The lowest BCUT2D eigenvalue weighted by molar-refractivity contribution is 0.360. The highest BCUT2D eigenvalue weighted by Crippen LogP contribution is 2.40. The highest BCUT2D eigenvalue weighted by atomic mass is 35.5. The molecule has 1 unspecified atom stereocenters. The summed E-state index contributed by atoms with van der Waals surface area (Å²) in [6.45, 7) is 4.23. The van der Waals surface area contributed by atoms with E-state index < -0.39 is 0 Å². The number of benzene rings is 1. The van der Waals surface area contributed by atoms with Crippen LogP contribution < -0.4 is 14.8 Å². The highest BCUT2D eigenvalue weighted by Gasteiger charge is 2.20. The van der Waals surface area contributed by atoms with Crippen LogP contribution >= 0.6 is 11.6 Å². The molecule has 1 aliphatic rings. The number of ether oxygens (including phenoxy) is 2. The lowest BCUT2D eigenvalue weighted by Gasteiger charge is -2.24. The van der Waals surface area contributed by atoms with Crippen molar-refractivity contribution in [3.8, 4) is 11.5 Å². The van der Waals surface area contributed by atoms with Crippen LogP contribution in [0.2, 0.25) is 5.02 Å². The number of aryl methyl sites for hydroxylation is 1. The Hall–Kier alpha value is -0.930. The van der Waals surface area contributed by atoms with E-state index in [0.29, 0.717) is 16.7 Å². The molecule has 0 saturated carbocycles. The Kier molecular flexibility index (Phi) is 4.94. The molecule has 4 heteroatoms. The van der Waals surface area contributed by atoms with Crippen LogP contribution in [0.3, 0.4) is 0 Å². The van der Waals surface area contributed by atoms with E-state index in [2.05, 4.69) is 11.4 Å². The molecule has 106 valence electrons. The summed E-state index contributed by atoms with van der Waals surface area (Å²) in [7, 11) is 3.30. The molecule has 0 spiro atoms. The average molecular weight is 284 g/mol. The summed E-state index contributed by atoms with van der Waals surface area (Å²) in [4.78, 5) is 0. The molecule has 1 aliphatic heterocycles. The smallest absolute Gasteiger partial charge is 0.144 e. The van der Waals surface area contributed by atoms with Crippen molar-refractivity contribution in [1.82, 2.24) is 5.32 Å². The second-order valence-corrected chi connectivity index (χ2v) is 5.53. The minimum absolute atomic E-state index is 0.587. The molecule has 0 aromatic heterocycles. The first-order chi connectivity index (χ1) is 9.17. The lowest BCUT2D eigenvalue weighted by atomic mass is 9.91. The summed E-state index contributed by atoms with van der Waals surface area (Å²) < 4.78 is 10.8. The van der Waals surface area contributed by atoms with Crippen molar-refractivity contribution in [1.29, 1.82) is 0 Å². The van der Waals surface area contributed by atoms with Gasteiger partial charge in [0.15, 0.2) is 0 Å². The fraction of sp³-hybridized carbons (Fsp3) is 0.600. The zero-order valence-electron chi connectivity index (χ0n) is 11.9.